The number of hydrazine groups is 1. The highest BCUT2D eigenvalue weighted by atomic mass is 35.5. The van der Waals surface area contributed by atoms with Gasteiger partial charge in [-0.1, -0.05) is 31.4 Å². The summed E-state index contributed by atoms with van der Waals surface area (Å²) in [5.74, 6) is 6.49. The van der Waals surface area contributed by atoms with Crippen molar-refractivity contribution >= 4 is 11.6 Å². The zero-order valence-corrected chi connectivity index (χ0v) is 13.3. The maximum Gasteiger partial charge on any atom is 0.0933 e. The lowest BCUT2D eigenvalue weighted by molar-refractivity contribution is -0.0823. The van der Waals surface area contributed by atoms with Crippen molar-refractivity contribution < 1.29 is 4.74 Å². The molecule has 3 N–H and O–H groups in total. The molecule has 1 aromatic rings. The molecule has 1 heterocycles. The molecule has 5 nitrogen and oxygen atoms in total. The molecule has 0 bridgehead atoms. The quantitative estimate of drug-likeness (QED) is 0.648. The number of methoxy groups -OCH3 is 1. The first kappa shape index (κ1) is 15.8. The fourth-order valence-corrected chi connectivity index (χ4v) is 3.75. The van der Waals surface area contributed by atoms with Crippen LogP contribution in [0, 0.1) is 5.92 Å². The van der Waals surface area contributed by atoms with Gasteiger partial charge in [-0.3, -0.25) is 10.5 Å². The van der Waals surface area contributed by atoms with E-state index in [9.17, 15) is 0 Å². The molecule has 0 radical (unpaired) electrons. The lowest BCUT2D eigenvalue weighted by Crippen LogP contribution is -2.51. The Bertz CT molecular complexity index is 450. The summed E-state index contributed by atoms with van der Waals surface area (Å²) in [6.07, 6.45) is 6.02. The first-order valence-electron chi connectivity index (χ1n) is 7.30. The van der Waals surface area contributed by atoms with E-state index in [1.807, 2.05) is 11.6 Å². The van der Waals surface area contributed by atoms with E-state index in [2.05, 4.69) is 17.4 Å². The summed E-state index contributed by atoms with van der Waals surface area (Å²) in [6.45, 7) is 5.07. The predicted octanol–water partition coefficient (Wildman–Crippen LogP) is 2.66. The number of aryl methyl sites for hydroxylation is 1. The molecule has 1 aromatic heterocycles. The minimum absolute atomic E-state index is 0.148. The van der Waals surface area contributed by atoms with Gasteiger partial charge in [0.25, 0.3) is 0 Å². The summed E-state index contributed by atoms with van der Waals surface area (Å²) >= 11 is 6.34. The topological polar surface area (TPSA) is 65.1 Å². The molecular formula is C14H25ClN4O. The van der Waals surface area contributed by atoms with Gasteiger partial charge in [0.2, 0.25) is 0 Å². The van der Waals surface area contributed by atoms with Crippen LogP contribution >= 0.6 is 11.6 Å². The Morgan fingerprint density at radius 2 is 2.45 bits per heavy atom. The zero-order chi connectivity index (χ0) is 14.8. The van der Waals surface area contributed by atoms with Gasteiger partial charge in [0.15, 0.2) is 0 Å². The maximum absolute atomic E-state index is 6.34. The van der Waals surface area contributed by atoms with Crippen LogP contribution in [-0.2, 0) is 11.3 Å². The van der Waals surface area contributed by atoms with Crippen LogP contribution in [0.5, 0.6) is 0 Å². The van der Waals surface area contributed by atoms with Crippen LogP contribution < -0.4 is 11.3 Å². The van der Waals surface area contributed by atoms with E-state index in [1.54, 1.807) is 13.3 Å². The van der Waals surface area contributed by atoms with Crippen molar-refractivity contribution in [1.82, 2.24) is 15.2 Å². The molecule has 114 valence electrons. The predicted molar refractivity (Wildman–Crippen MR) is 80.3 cm³/mol. The number of hydrogen-bond donors (Lipinski definition) is 2. The Kier molecular flexibility index (Phi) is 5.07. The van der Waals surface area contributed by atoms with Crippen LogP contribution in [-0.4, -0.2) is 22.5 Å². The first-order valence-corrected chi connectivity index (χ1v) is 7.68. The van der Waals surface area contributed by atoms with E-state index in [4.69, 9.17) is 22.2 Å². The molecule has 1 aliphatic rings. The second-order valence-corrected chi connectivity index (χ2v) is 6.17. The Hall–Kier alpha value is -0.620. The number of rotatable bonds is 5. The molecule has 1 aliphatic carbocycles. The van der Waals surface area contributed by atoms with E-state index in [1.165, 1.54) is 6.42 Å². The molecule has 20 heavy (non-hydrogen) atoms. The van der Waals surface area contributed by atoms with Crippen LogP contribution in [0.2, 0.25) is 5.02 Å². The van der Waals surface area contributed by atoms with Crippen molar-refractivity contribution in [3.8, 4) is 0 Å². The van der Waals surface area contributed by atoms with Gasteiger partial charge in [0.1, 0.15) is 0 Å². The summed E-state index contributed by atoms with van der Waals surface area (Å²) in [5.41, 5.74) is 3.54. The molecule has 0 spiro atoms. The summed E-state index contributed by atoms with van der Waals surface area (Å²) in [7, 11) is 1.77. The Morgan fingerprint density at radius 1 is 1.70 bits per heavy atom. The highest BCUT2D eigenvalue weighted by Crippen LogP contribution is 2.44. The smallest absolute Gasteiger partial charge is 0.0933 e. The summed E-state index contributed by atoms with van der Waals surface area (Å²) in [6, 6.07) is -0.148. The number of ether oxygens (including phenoxy) is 1. The van der Waals surface area contributed by atoms with Gasteiger partial charge >= 0.3 is 0 Å². The summed E-state index contributed by atoms with van der Waals surface area (Å²) in [4.78, 5) is 0. The normalized spacial score (nSPS) is 28.6. The van der Waals surface area contributed by atoms with Gasteiger partial charge in [0, 0.05) is 13.7 Å². The summed E-state index contributed by atoms with van der Waals surface area (Å²) < 4.78 is 7.83. The molecule has 0 aliphatic heterocycles. The number of nitrogens with one attached hydrogen (secondary N) is 1. The molecule has 0 aromatic carbocycles. The van der Waals surface area contributed by atoms with Crippen molar-refractivity contribution in [3.05, 3.63) is 16.9 Å². The zero-order valence-electron chi connectivity index (χ0n) is 12.5. The number of nitrogens with zero attached hydrogens (tertiary/aromatic N) is 2. The van der Waals surface area contributed by atoms with Crippen molar-refractivity contribution in [2.24, 2.45) is 11.8 Å². The third-order valence-electron chi connectivity index (χ3n) is 4.50. The average Bonchev–Trinajstić information content (AvgIpc) is 2.81. The minimum Gasteiger partial charge on any atom is -0.376 e. The summed E-state index contributed by atoms with van der Waals surface area (Å²) in [5, 5.41) is 4.96. The van der Waals surface area contributed by atoms with Crippen LogP contribution in [0.1, 0.15) is 51.3 Å². The molecular weight excluding hydrogens is 276 g/mol. The fraction of sp³-hybridized carbons (Fsp3) is 0.786. The van der Waals surface area contributed by atoms with Gasteiger partial charge in [-0.15, -0.1) is 0 Å². The first-order chi connectivity index (χ1) is 9.57. The number of aromatic nitrogens is 2. The van der Waals surface area contributed by atoms with Crippen LogP contribution in [0.15, 0.2) is 6.20 Å². The number of halogens is 1. The highest BCUT2D eigenvalue weighted by molar-refractivity contribution is 6.31. The molecule has 3 atom stereocenters. The molecule has 0 amide bonds. The molecule has 0 saturated heterocycles. The third kappa shape index (κ3) is 2.72. The Labute approximate surface area is 125 Å². The number of hydrogen-bond acceptors (Lipinski definition) is 4. The van der Waals surface area contributed by atoms with E-state index >= 15 is 0 Å². The largest absolute Gasteiger partial charge is 0.376 e. The monoisotopic (exact) mass is 300 g/mol. The molecule has 3 unspecified atom stereocenters. The number of nitrogens with two attached hydrogens (primary N) is 1. The van der Waals surface area contributed by atoms with Crippen molar-refractivity contribution in [1.29, 1.82) is 0 Å². The van der Waals surface area contributed by atoms with Crippen molar-refractivity contribution in [2.75, 3.05) is 7.11 Å². The van der Waals surface area contributed by atoms with E-state index < -0.39 is 0 Å². The third-order valence-corrected chi connectivity index (χ3v) is 4.79. The van der Waals surface area contributed by atoms with Crippen molar-refractivity contribution in [3.63, 3.8) is 0 Å². The second-order valence-electron chi connectivity index (χ2n) is 5.76. The molecule has 2 rings (SSSR count). The lowest BCUT2D eigenvalue weighted by atomic mass is 9.74. The average molecular weight is 301 g/mol. The van der Waals surface area contributed by atoms with Crippen molar-refractivity contribution in [2.45, 2.75) is 57.7 Å². The second kappa shape index (κ2) is 6.43. The van der Waals surface area contributed by atoms with Gasteiger partial charge < -0.3 is 4.74 Å². The Balaban J connectivity index is 2.41. The molecule has 1 saturated carbocycles. The highest BCUT2D eigenvalue weighted by Gasteiger charge is 2.44. The van der Waals surface area contributed by atoms with Gasteiger partial charge in [-0.2, -0.15) is 5.10 Å². The Morgan fingerprint density at radius 3 is 3.00 bits per heavy atom. The van der Waals surface area contributed by atoms with Crippen LogP contribution in [0.25, 0.3) is 0 Å². The SMILES string of the molecule is CCn1ncc(Cl)c1C(NN)C1(OC)CCCC(C)C1. The standard InChI is InChI=1S/C14H25ClN4O/c1-4-19-12(11(15)9-17-19)13(18-16)14(20-3)7-5-6-10(2)8-14/h9-10,13,18H,4-8,16H2,1-3H3. The molecule has 6 heteroatoms. The van der Waals surface area contributed by atoms with E-state index in [-0.39, 0.29) is 11.6 Å². The minimum atomic E-state index is -0.316. The van der Waals surface area contributed by atoms with Gasteiger partial charge in [-0.25, -0.2) is 5.43 Å². The van der Waals surface area contributed by atoms with Gasteiger partial charge in [-0.05, 0) is 25.7 Å². The van der Waals surface area contributed by atoms with E-state index in [0.29, 0.717) is 10.9 Å². The molecule has 1 fully saturated rings. The van der Waals surface area contributed by atoms with Crippen LogP contribution in [0.3, 0.4) is 0 Å². The van der Waals surface area contributed by atoms with Crippen LogP contribution in [0.4, 0.5) is 0 Å². The van der Waals surface area contributed by atoms with E-state index in [0.717, 1.165) is 31.5 Å². The lowest BCUT2D eigenvalue weighted by Gasteiger charge is -2.44. The maximum atomic E-state index is 6.34. The fourth-order valence-electron chi connectivity index (χ4n) is 3.50. The van der Waals surface area contributed by atoms with Gasteiger partial charge in [0.05, 0.1) is 28.6 Å².